The SMILES string of the molecule is C[C@H](CO)N1C[C@H](C)[C@H](CN(C)Cc2ccc(F)cc2)OCc2ccccc2-c2c(n(C)c3ccccc23)C1=O. The van der Waals surface area contributed by atoms with E-state index in [4.69, 9.17) is 4.74 Å². The maximum Gasteiger partial charge on any atom is 0.271 e. The highest BCUT2D eigenvalue weighted by molar-refractivity contribution is 6.10. The van der Waals surface area contributed by atoms with Crippen molar-refractivity contribution in [1.29, 1.82) is 0 Å². The van der Waals surface area contributed by atoms with Crippen molar-refractivity contribution in [3.8, 4) is 11.1 Å². The number of hydrogen-bond acceptors (Lipinski definition) is 4. The third-order valence-electron chi connectivity index (χ3n) is 8.08. The Morgan fingerprint density at radius 1 is 1.07 bits per heavy atom. The van der Waals surface area contributed by atoms with Gasteiger partial charge in [0.25, 0.3) is 5.91 Å². The van der Waals surface area contributed by atoms with Crippen LogP contribution in [0.4, 0.5) is 4.39 Å². The van der Waals surface area contributed by atoms with Gasteiger partial charge in [0.2, 0.25) is 0 Å². The van der Waals surface area contributed by atoms with E-state index in [0.29, 0.717) is 31.9 Å². The Hall–Kier alpha value is -3.52. The van der Waals surface area contributed by atoms with E-state index in [1.165, 1.54) is 12.1 Å². The number of carbonyl (C=O) groups is 1. The largest absolute Gasteiger partial charge is 0.394 e. The molecule has 0 saturated carbocycles. The molecule has 3 aromatic carbocycles. The highest BCUT2D eigenvalue weighted by atomic mass is 19.1. The molecule has 0 saturated heterocycles. The molecule has 7 heteroatoms. The van der Waals surface area contributed by atoms with Gasteiger partial charge in [0.15, 0.2) is 0 Å². The van der Waals surface area contributed by atoms with Crippen molar-refractivity contribution in [1.82, 2.24) is 14.4 Å². The molecule has 5 rings (SSSR count). The molecular formula is C33H38FN3O3. The predicted octanol–water partition coefficient (Wildman–Crippen LogP) is 5.47. The first-order valence-corrected chi connectivity index (χ1v) is 13.9. The molecule has 1 aromatic heterocycles. The first kappa shape index (κ1) is 28.0. The Morgan fingerprint density at radius 3 is 2.52 bits per heavy atom. The van der Waals surface area contributed by atoms with Crippen LogP contribution in [-0.2, 0) is 24.9 Å². The number of nitrogens with zero attached hydrogens (tertiary/aromatic N) is 3. The Bertz CT molecular complexity index is 1480. The van der Waals surface area contributed by atoms with E-state index >= 15 is 0 Å². The molecule has 0 fully saturated rings. The quantitative estimate of drug-likeness (QED) is 0.350. The van der Waals surface area contributed by atoms with Gasteiger partial charge >= 0.3 is 0 Å². The molecule has 0 aliphatic carbocycles. The highest BCUT2D eigenvalue weighted by Crippen LogP contribution is 2.38. The Kier molecular flexibility index (Phi) is 8.35. The van der Waals surface area contributed by atoms with Crippen LogP contribution >= 0.6 is 0 Å². The summed E-state index contributed by atoms with van der Waals surface area (Å²) in [6, 6.07) is 22.4. The van der Waals surface area contributed by atoms with Crippen molar-refractivity contribution in [3.63, 3.8) is 0 Å². The minimum atomic E-state index is -0.366. The van der Waals surface area contributed by atoms with E-state index < -0.39 is 0 Å². The molecule has 4 aromatic rings. The molecule has 40 heavy (non-hydrogen) atoms. The van der Waals surface area contributed by atoms with Gasteiger partial charge in [-0.05, 0) is 48.9 Å². The molecule has 1 amide bonds. The molecule has 1 aliphatic heterocycles. The van der Waals surface area contributed by atoms with Crippen molar-refractivity contribution in [2.75, 3.05) is 26.7 Å². The van der Waals surface area contributed by atoms with E-state index in [2.05, 4.69) is 30.0 Å². The molecule has 1 N–H and O–H groups in total. The number of halogens is 1. The first-order valence-electron chi connectivity index (χ1n) is 13.9. The number of aromatic nitrogens is 1. The zero-order valence-electron chi connectivity index (χ0n) is 23.7. The normalized spacial score (nSPS) is 18.9. The minimum Gasteiger partial charge on any atom is -0.394 e. The van der Waals surface area contributed by atoms with Crippen molar-refractivity contribution in [2.45, 2.75) is 39.1 Å². The number of para-hydroxylation sites is 1. The summed E-state index contributed by atoms with van der Waals surface area (Å²) in [6.45, 7) is 5.98. The number of hydrogen-bond donors (Lipinski definition) is 1. The zero-order chi connectivity index (χ0) is 28.4. The van der Waals surface area contributed by atoms with Crippen LogP contribution in [0.1, 0.15) is 35.5 Å². The first-order chi connectivity index (χ1) is 19.3. The van der Waals surface area contributed by atoms with Crippen LogP contribution in [0.3, 0.4) is 0 Å². The highest BCUT2D eigenvalue weighted by Gasteiger charge is 2.33. The summed E-state index contributed by atoms with van der Waals surface area (Å²) in [5.74, 6) is -0.365. The fraction of sp³-hybridized carbons (Fsp3) is 0.364. The summed E-state index contributed by atoms with van der Waals surface area (Å²) in [7, 11) is 3.97. The molecule has 6 nitrogen and oxygen atoms in total. The number of amides is 1. The summed E-state index contributed by atoms with van der Waals surface area (Å²) >= 11 is 0. The van der Waals surface area contributed by atoms with Gasteiger partial charge in [0.05, 0.1) is 25.4 Å². The molecule has 3 atom stereocenters. The second-order valence-corrected chi connectivity index (χ2v) is 11.1. The Balaban J connectivity index is 1.56. The molecule has 210 valence electrons. The molecule has 2 heterocycles. The molecule has 0 spiro atoms. The lowest BCUT2D eigenvalue weighted by atomic mass is 9.96. The van der Waals surface area contributed by atoms with Crippen LogP contribution in [-0.4, -0.2) is 64.3 Å². The second kappa shape index (κ2) is 11.9. The molecule has 1 aliphatic rings. The van der Waals surface area contributed by atoms with Gasteiger partial charge in [0.1, 0.15) is 11.5 Å². The van der Waals surface area contributed by atoms with E-state index in [1.54, 1.807) is 17.0 Å². The van der Waals surface area contributed by atoms with Gasteiger partial charge in [-0.3, -0.25) is 9.69 Å². The van der Waals surface area contributed by atoms with Crippen LogP contribution in [0.25, 0.3) is 22.0 Å². The molecular weight excluding hydrogens is 505 g/mol. The van der Waals surface area contributed by atoms with Crippen molar-refractivity contribution in [2.24, 2.45) is 13.0 Å². The molecule has 0 radical (unpaired) electrons. The average molecular weight is 544 g/mol. The van der Waals surface area contributed by atoms with Gasteiger partial charge in [-0.2, -0.15) is 0 Å². The Morgan fingerprint density at radius 2 is 1.77 bits per heavy atom. The molecule has 0 unspecified atom stereocenters. The monoisotopic (exact) mass is 543 g/mol. The second-order valence-electron chi connectivity index (χ2n) is 11.1. The topological polar surface area (TPSA) is 57.9 Å². The van der Waals surface area contributed by atoms with E-state index in [-0.39, 0.29) is 36.4 Å². The number of rotatable bonds is 6. The maximum atomic E-state index is 14.4. The lowest BCUT2D eigenvalue weighted by Gasteiger charge is -2.35. The number of ether oxygens (including phenoxy) is 1. The smallest absolute Gasteiger partial charge is 0.271 e. The summed E-state index contributed by atoms with van der Waals surface area (Å²) in [4.78, 5) is 18.4. The van der Waals surface area contributed by atoms with Gasteiger partial charge in [-0.15, -0.1) is 0 Å². The van der Waals surface area contributed by atoms with E-state index in [0.717, 1.165) is 33.2 Å². The lowest BCUT2D eigenvalue weighted by Crippen LogP contribution is -2.47. The number of aliphatic hydroxyl groups is 1. The predicted molar refractivity (Wildman–Crippen MR) is 156 cm³/mol. The fourth-order valence-electron chi connectivity index (χ4n) is 5.80. The van der Waals surface area contributed by atoms with Crippen LogP contribution < -0.4 is 0 Å². The summed E-state index contributed by atoms with van der Waals surface area (Å²) in [6.07, 6.45) is -0.183. The van der Waals surface area contributed by atoms with Crippen molar-refractivity contribution in [3.05, 3.63) is 95.4 Å². The number of carbonyl (C=O) groups excluding carboxylic acids is 1. The van der Waals surface area contributed by atoms with Crippen molar-refractivity contribution >= 4 is 16.8 Å². The van der Waals surface area contributed by atoms with Crippen molar-refractivity contribution < 1.29 is 19.0 Å². The van der Waals surface area contributed by atoms with Gasteiger partial charge < -0.3 is 19.3 Å². The van der Waals surface area contributed by atoms with Gasteiger partial charge in [0, 0.05) is 49.1 Å². The van der Waals surface area contributed by atoms with Gasteiger partial charge in [-0.1, -0.05) is 61.5 Å². The van der Waals surface area contributed by atoms with E-state index in [1.807, 2.05) is 55.9 Å². The standard InChI is InChI=1S/C33H38FN3O3/c1-22-17-37(23(2)20-38)33(39)32-31(28-11-7-8-12-29(28)36(32)4)27-10-6-5-9-25(27)21-40-30(22)19-35(3)18-24-13-15-26(34)16-14-24/h5-16,22-23,30,38H,17-21H2,1-4H3/t22-,23+,30-/m0/s1. The van der Waals surface area contributed by atoms with Gasteiger partial charge in [-0.25, -0.2) is 4.39 Å². The third kappa shape index (κ3) is 5.55. The van der Waals surface area contributed by atoms with Crippen LogP contribution in [0.15, 0.2) is 72.8 Å². The van der Waals surface area contributed by atoms with Crippen LogP contribution in [0.5, 0.6) is 0 Å². The number of benzene rings is 3. The Labute approximate surface area is 235 Å². The number of aliphatic hydroxyl groups excluding tert-OH is 1. The van der Waals surface area contributed by atoms with E-state index in [9.17, 15) is 14.3 Å². The third-order valence-corrected chi connectivity index (χ3v) is 8.08. The molecule has 0 bridgehead atoms. The summed E-state index contributed by atoms with van der Waals surface area (Å²) in [5, 5.41) is 11.2. The number of aryl methyl sites for hydroxylation is 1. The average Bonchev–Trinajstić information content (AvgIpc) is 3.25. The maximum absolute atomic E-state index is 14.4. The van der Waals surface area contributed by atoms with Crippen LogP contribution in [0, 0.1) is 11.7 Å². The van der Waals surface area contributed by atoms with Crippen LogP contribution in [0.2, 0.25) is 0 Å². The summed E-state index contributed by atoms with van der Waals surface area (Å²) < 4.78 is 22.1. The number of fused-ring (bicyclic) bond motifs is 5. The number of likely N-dealkylation sites (N-methyl/N-ethyl adjacent to an activating group) is 1. The zero-order valence-corrected chi connectivity index (χ0v) is 23.7. The minimum absolute atomic E-state index is 0.0167. The summed E-state index contributed by atoms with van der Waals surface area (Å²) in [5.41, 5.74) is 5.53. The lowest BCUT2D eigenvalue weighted by molar-refractivity contribution is -0.0242. The fourth-order valence-corrected chi connectivity index (χ4v) is 5.80.